The van der Waals surface area contributed by atoms with Crippen LogP contribution in [0.1, 0.15) is 25.3 Å². The summed E-state index contributed by atoms with van der Waals surface area (Å²) in [6, 6.07) is 7.91. The van der Waals surface area contributed by atoms with E-state index < -0.39 is 0 Å². The fourth-order valence-electron chi connectivity index (χ4n) is 1.66. The Morgan fingerprint density at radius 2 is 2.12 bits per heavy atom. The molecule has 0 aliphatic heterocycles. The molecule has 90 valence electrons. The van der Waals surface area contributed by atoms with Crippen molar-refractivity contribution in [2.24, 2.45) is 0 Å². The minimum atomic E-state index is -0.250. The summed E-state index contributed by atoms with van der Waals surface area (Å²) in [7, 11) is 1.67. The number of aliphatic hydroxyl groups excluding tert-OH is 1. The highest BCUT2D eigenvalue weighted by atomic mass is 16.5. The number of nitrogens with one attached hydrogen (secondary N) is 1. The molecule has 0 spiro atoms. The molecule has 0 saturated heterocycles. The maximum Gasteiger partial charge on any atom is 0.123 e. The Balaban J connectivity index is 2.36. The Hall–Kier alpha value is -1.06. The molecule has 3 nitrogen and oxygen atoms in total. The molecule has 16 heavy (non-hydrogen) atoms. The monoisotopic (exact) mass is 223 g/mol. The zero-order chi connectivity index (χ0) is 11.8. The van der Waals surface area contributed by atoms with Crippen LogP contribution in [0.2, 0.25) is 0 Å². The Labute approximate surface area is 97.4 Å². The molecule has 1 aromatic carbocycles. The lowest BCUT2D eigenvalue weighted by atomic mass is 10.2. The zero-order valence-electron chi connectivity index (χ0n) is 10.1. The van der Waals surface area contributed by atoms with Crippen molar-refractivity contribution in [3.05, 3.63) is 29.8 Å². The summed E-state index contributed by atoms with van der Waals surface area (Å²) in [5.41, 5.74) is 1.12. The number of ether oxygens (including phenoxy) is 1. The predicted molar refractivity (Wildman–Crippen MR) is 65.6 cm³/mol. The Kier molecular flexibility index (Phi) is 5.90. The van der Waals surface area contributed by atoms with E-state index in [1.807, 2.05) is 24.3 Å². The van der Waals surface area contributed by atoms with Gasteiger partial charge in [-0.2, -0.15) is 0 Å². The first-order chi connectivity index (χ1) is 7.77. The summed E-state index contributed by atoms with van der Waals surface area (Å²) in [5, 5.41) is 12.8. The van der Waals surface area contributed by atoms with E-state index in [4.69, 9.17) is 4.74 Å². The fourth-order valence-corrected chi connectivity index (χ4v) is 1.66. The zero-order valence-corrected chi connectivity index (χ0v) is 10.1. The quantitative estimate of drug-likeness (QED) is 0.742. The maximum absolute atomic E-state index is 9.56. The summed E-state index contributed by atoms with van der Waals surface area (Å²) in [5.74, 6) is 0.889. The van der Waals surface area contributed by atoms with Gasteiger partial charge < -0.3 is 15.2 Å². The molecule has 0 bridgehead atoms. The smallest absolute Gasteiger partial charge is 0.123 e. The molecule has 1 unspecified atom stereocenters. The van der Waals surface area contributed by atoms with E-state index in [-0.39, 0.29) is 6.10 Å². The highest BCUT2D eigenvalue weighted by Gasteiger charge is 2.04. The van der Waals surface area contributed by atoms with Crippen molar-refractivity contribution in [1.82, 2.24) is 5.32 Å². The topological polar surface area (TPSA) is 41.5 Å². The third-order valence-corrected chi connectivity index (χ3v) is 2.51. The van der Waals surface area contributed by atoms with Crippen molar-refractivity contribution in [2.45, 2.75) is 32.4 Å². The molecule has 0 fully saturated rings. The van der Waals surface area contributed by atoms with E-state index in [2.05, 4.69) is 12.2 Å². The van der Waals surface area contributed by atoms with Crippen LogP contribution in [0.3, 0.4) is 0 Å². The standard InChI is InChI=1S/C13H21NO2/c1-3-6-12(15)10-14-9-11-7-4-5-8-13(11)16-2/h4-5,7-8,12,14-15H,3,6,9-10H2,1-2H3. The first-order valence-electron chi connectivity index (χ1n) is 5.78. The number of aliphatic hydroxyl groups is 1. The molecular formula is C13H21NO2. The highest BCUT2D eigenvalue weighted by Crippen LogP contribution is 2.16. The molecule has 2 N–H and O–H groups in total. The Morgan fingerprint density at radius 1 is 1.38 bits per heavy atom. The van der Waals surface area contributed by atoms with E-state index in [0.29, 0.717) is 6.54 Å². The molecule has 0 amide bonds. The van der Waals surface area contributed by atoms with Crippen LogP contribution in [0.15, 0.2) is 24.3 Å². The maximum atomic E-state index is 9.56. The van der Waals surface area contributed by atoms with Crippen LogP contribution in [0.4, 0.5) is 0 Å². The van der Waals surface area contributed by atoms with Crippen molar-refractivity contribution in [2.75, 3.05) is 13.7 Å². The van der Waals surface area contributed by atoms with Gasteiger partial charge in [-0.15, -0.1) is 0 Å². The Bertz CT molecular complexity index is 302. The Morgan fingerprint density at radius 3 is 2.81 bits per heavy atom. The second-order valence-corrected chi connectivity index (χ2v) is 3.89. The number of benzene rings is 1. The van der Waals surface area contributed by atoms with Gasteiger partial charge >= 0.3 is 0 Å². The van der Waals surface area contributed by atoms with Gasteiger partial charge in [0.05, 0.1) is 13.2 Å². The van der Waals surface area contributed by atoms with Gasteiger partial charge in [-0.05, 0) is 12.5 Å². The predicted octanol–water partition coefficient (Wildman–Crippen LogP) is 1.95. The number of methoxy groups -OCH3 is 1. The molecule has 1 atom stereocenters. The number of para-hydroxylation sites is 1. The van der Waals surface area contributed by atoms with E-state index >= 15 is 0 Å². The van der Waals surface area contributed by atoms with Gasteiger partial charge in [0.25, 0.3) is 0 Å². The molecule has 0 radical (unpaired) electrons. The van der Waals surface area contributed by atoms with Gasteiger partial charge in [-0.25, -0.2) is 0 Å². The van der Waals surface area contributed by atoms with Crippen LogP contribution in [-0.2, 0) is 6.54 Å². The number of hydrogen-bond acceptors (Lipinski definition) is 3. The average Bonchev–Trinajstić information content (AvgIpc) is 2.30. The first-order valence-corrected chi connectivity index (χ1v) is 5.78. The van der Waals surface area contributed by atoms with E-state index in [0.717, 1.165) is 30.7 Å². The lowest BCUT2D eigenvalue weighted by Crippen LogP contribution is -2.26. The molecular weight excluding hydrogens is 202 g/mol. The van der Waals surface area contributed by atoms with Crippen molar-refractivity contribution in [3.8, 4) is 5.75 Å². The van der Waals surface area contributed by atoms with Crippen molar-refractivity contribution in [3.63, 3.8) is 0 Å². The van der Waals surface area contributed by atoms with Crippen LogP contribution < -0.4 is 10.1 Å². The van der Waals surface area contributed by atoms with Gasteiger partial charge in [0.1, 0.15) is 5.75 Å². The average molecular weight is 223 g/mol. The van der Waals surface area contributed by atoms with Crippen LogP contribution >= 0.6 is 0 Å². The lowest BCUT2D eigenvalue weighted by Gasteiger charge is -2.12. The third-order valence-electron chi connectivity index (χ3n) is 2.51. The van der Waals surface area contributed by atoms with Crippen molar-refractivity contribution in [1.29, 1.82) is 0 Å². The summed E-state index contributed by atoms with van der Waals surface area (Å²) in [6.07, 6.45) is 1.61. The lowest BCUT2D eigenvalue weighted by molar-refractivity contribution is 0.160. The van der Waals surface area contributed by atoms with Crippen LogP contribution in [0.5, 0.6) is 5.75 Å². The largest absolute Gasteiger partial charge is 0.496 e. The molecule has 0 aliphatic carbocycles. The molecule has 0 heterocycles. The summed E-state index contributed by atoms with van der Waals surface area (Å²) < 4.78 is 5.25. The third kappa shape index (κ3) is 4.21. The van der Waals surface area contributed by atoms with Gasteiger partial charge in [-0.1, -0.05) is 31.5 Å². The van der Waals surface area contributed by atoms with E-state index in [1.165, 1.54) is 0 Å². The second-order valence-electron chi connectivity index (χ2n) is 3.89. The molecule has 1 aromatic rings. The highest BCUT2D eigenvalue weighted by molar-refractivity contribution is 5.32. The second kappa shape index (κ2) is 7.25. The van der Waals surface area contributed by atoms with Crippen LogP contribution in [0, 0.1) is 0 Å². The number of hydrogen-bond donors (Lipinski definition) is 2. The fraction of sp³-hybridized carbons (Fsp3) is 0.538. The van der Waals surface area contributed by atoms with E-state index in [1.54, 1.807) is 7.11 Å². The first kappa shape index (κ1) is 13.0. The van der Waals surface area contributed by atoms with Crippen LogP contribution in [0.25, 0.3) is 0 Å². The van der Waals surface area contributed by atoms with Gasteiger partial charge in [0, 0.05) is 18.7 Å². The minimum absolute atomic E-state index is 0.250. The minimum Gasteiger partial charge on any atom is -0.496 e. The SMILES string of the molecule is CCCC(O)CNCc1ccccc1OC. The van der Waals surface area contributed by atoms with Crippen molar-refractivity contribution >= 4 is 0 Å². The van der Waals surface area contributed by atoms with Gasteiger partial charge in [0.2, 0.25) is 0 Å². The summed E-state index contributed by atoms with van der Waals surface area (Å²) in [4.78, 5) is 0. The van der Waals surface area contributed by atoms with Gasteiger partial charge in [0.15, 0.2) is 0 Å². The molecule has 1 rings (SSSR count). The molecule has 0 aromatic heterocycles. The normalized spacial score (nSPS) is 12.4. The number of rotatable bonds is 7. The summed E-state index contributed by atoms with van der Waals surface area (Å²) in [6.45, 7) is 3.43. The molecule has 0 saturated carbocycles. The molecule has 3 heteroatoms. The van der Waals surface area contributed by atoms with Gasteiger partial charge in [-0.3, -0.25) is 0 Å². The van der Waals surface area contributed by atoms with Crippen LogP contribution in [-0.4, -0.2) is 24.9 Å². The van der Waals surface area contributed by atoms with E-state index in [9.17, 15) is 5.11 Å². The summed E-state index contributed by atoms with van der Waals surface area (Å²) >= 11 is 0. The molecule has 0 aliphatic rings. The van der Waals surface area contributed by atoms with Crippen molar-refractivity contribution < 1.29 is 9.84 Å².